The molecule has 2 aliphatic heterocycles. The Kier molecular flexibility index (Phi) is 5.74. The van der Waals surface area contributed by atoms with Crippen LogP contribution in [0, 0.1) is 0 Å². The van der Waals surface area contributed by atoms with E-state index in [1.54, 1.807) is 7.05 Å². The molecule has 0 amide bonds. The van der Waals surface area contributed by atoms with Crippen molar-refractivity contribution in [2.75, 3.05) is 39.5 Å². The Morgan fingerprint density at radius 2 is 1.43 bits per heavy atom. The molecule has 2 fully saturated rings. The number of hydrogen-bond acceptors (Lipinski definition) is 5. The molecule has 0 spiro atoms. The minimum Gasteiger partial charge on any atom is -0.373 e. The first-order valence-corrected chi connectivity index (χ1v) is 11.1. The van der Waals surface area contributed by atoms with Crippen molar-refractivity contribution in [2.24, 2.45) is 0 Å². The molecule has 2 heterocycles. The van der Waals surface area contributed by atoms with Crippen molar-refractivity contribution in [3.05, 3.63) is 0 Å². The molecule has 0 N–H and O–H groups in total. The van der Waals surface area contributed by atoms with Crippen molar-refractivity contribution in [1.82, 2.24) is 12.9 Å². The van der Waals surface area contributed by atoms with Gasteiger partial charge in [-0.1, -0.05) is 0 Å². The van der Waals surface area contributed by atoms with E-state index in [1.165, 1.54) is 19.2 Å². The van der Waals surface area contributed by atoms with E-state index in [1.807, 2.05) is 13.8 Å². The fourth-order valence-corrected chi connectivity index (χ4v) is 5.74. The average Bonchev–Trinajstić information content (AvgIpc) is 2.44. The maximum Gasteiger partial charge on any atom is 0.282 e. The van der Waals surface area contributed by atoms with Gasteiger partial charge in [-0.15, -0.1) is 0 Å². The Balaban J connectivity index is 2.01. The fourth-order valence-electron chi connectivity index (χ4n) is 3.19. The maximum absolute atomic E-state index is 12.8. The number of nitrogens with zero attached hydrogens (tertiary/aromatic N) is 3. The van der Waals surface area contributed by atoms with Gasteiger partial charge in [-0.05, 0) is 26.7 Å². The van der Waals surface area contributed by atoms with Crippen LogP contribution in [0.5, 0.6) is 0 Å². The lowest BCUT2D eigenvalue weighted by Gasteiger charge is -2.40. The van der Waals surface area contributed by atoms with Crippen molar-refractivity contribution in [3.63, 3.8) is 0 Å². The van der Waals surface area contributed by atoms with Crippen LogP contribution in [0.25, 0.3) is 0 Å². The molecule has 0 radical (unpaired) electrons. The average molecular weight is 370 g/mol. The molecular formula is C13H27N3O5S2. The molecule has 0 aliphatic carbocycles. The molecule has 8 nitrogen and oxygen atoms in total. The van der Waals surface area contributed by atoms with E-state index in [0.717, 1.165) is 0 Å². The highest BCUT2D eigenvalue weighted by Crippen LogP contribution is 2.23. The molecular weight excluding hydrogens is 342 g/mol. The van der Waals surface area contributed by atoms with Crippen molar-refractivity contribution < 1.29 is 21.6 Å². The summed E-state index contributed by atoms with van der Waals surface area (Å²) in [5, 5.41) is 0. The highest BCUT2D eigenvalue weighted by Gasteiger charge is 2.38. The summed E-state index contributed by atoms with van der Waals surface area (Å²) in [5.74, 6) is 0. The van der Waals surface area contributed by atoms with E-state index >= 15 is 0 Å². The van der Waals surface area contributed by atoms with E-state index in [2.05, 4.69) is 0 Å². The molecule has 2 saturated heterocycles. The van der Waals surface area contributed by atoms with Gasteiger partial charge in [-0.3, -0.25) is 0 Å². The molecule has 2 aliphatic rings. The number of hydrogen-bond donors (Lipinski definition) is 0. The molecule has 10 heteroatoms. The molecule has 0 aromatic carbocycles. The third-order valence-corrected chi connectivity index (χ3v) is 7.81. The summed E-state index contributed by atoms with van der Waals surface area (Å²) < 4.78 is 58.6. The summed E-state index contributed by atoms with van der Waals surface area (Å²) in [6.45, 7) is 5.13. The van der Waals surface area contributed by atoms with Crippen LogP contribution in [0.2, 0.25) is 0 Å². The van der Waals surface area contributed by atoms with E-state index in [0.29, 0.717) is 39.0 Å². The second-order valence-electron chi connectivity index (χ2n) is 6.49. The molecule has 0 saturated carbocycles. The lowest BCUT2D eigenvalue weighted by molar-refractivity contribution is -0.0456. The predicted molar refractivity (Wildman–Crippen MR) is 87.7 cm³/mol. The number of morpholine rings is 1. The van der Waals surface area contributed by atoms with Crippen molar-refractivity contribution in [1.29, 1.82) is 0 Å². The summed E-state index contributed by atoms with van der Waals surface area (Å²) in [4.78, 5) is 0. The third-order valence-electron chi connectivity index (χ3n) is 4.50. The van der Waals surface area contributed by atoms with E-state index < -0.39 is 20.2 Å². The second kappa shape index (κ2) is 6.93. The lowest BCUT2D eigenvalue weighted by Crippen LogP contribution is -2.55. The van der Waals surface area contributed by atoms with Crippen LogP contribution in [0.3, 0.4) is 0 Å². The second-order valence-corrected chi connectivity index (χ2v) is 10.5. The maximum atomic E-state index is 12.8. The smallest absolute Gasteiger partial charge is 0.282 e. The number of rotatable bonds is 4. The zero-order chi connectivity index (χ0) is 17.4. The van der Waals surface area contributed by atoms with E-state index in [9.17, 15) is 16.8 Å². The topological polar surface area (TPSA) is 87.2 Å². The number of ether oxygens (including phenoxy) is 1. The van der Waals surface area contributed by atoms with Crippen molar-refractivity contribution in [2.45, 2.75) is 44.9 Å². The van der Waals surface area contributed by atoms with Crippen molar-refractivity contribution in [3.8, 4) is 0 Å². The first-order chi connectivity index (χ1) is 10.5. The molecule has 136 valence electrons. The first-order valence-electron chi connectivity index (χ1n) is 7.85. The van der Waals surface area contributed by atoms with Crippen LogP contribution in [0.4, 0.5) is 0 Å². The number of piperidine rings is 1. The summed E-state index contributed by atoms with van der Waals surface area (Å²) >= 11 is 0. The predicted octanol–water partition coefficient (Wildman–Crippen LogP) is -0.304. The first kappa shape index (κ1) is 19.1. The van der Waals surface area contributed by atoms with Gasteiger partial charge < -0.3 is 4.74 Å². The Labute approximate surface area is 139 Å². The molecule has 0 bridgehead atoms. The van der Waals surface area contributed by atoms with Gasteiger partial charge in [0, 0.05) is 39.3 Å². The lowest BCUT2D eigenvalue weighted by atomic mass is 10.1. The minimum absolute atomic E-state index is 0.123. The van der Waals surface area contributed by atoms with Crippen LogP contribution in [0.1, 0.15) is 26.7 Å². The van der Waals surface area contributed by atoms with E-state index in [-0.39, 0.29) is 18.2 Å². The molecule has 2 rings (SSSR count). The Morgan fingerprint density at radius 3 is 1.87 bits per heavy atom. The third kappa shape index (κ3) is 4.43. The monoisotopic (exact) mass is 369 g/mol. The molecule has 0 aromatic rings. The zero-order valence-electron chi connectivity index (χ0n) is 14.2. The summed E-state index contributed by atoms with van der Waals surface area (Å²) in [6, 6.07) is -0.140. The molecule has 0 unspecified atom stereocenters. The van der Waals surface area contributed by atoms with Crippen LogP contribution >= 0.6 is 0 Å². The minimum atomic E-state index is -3.52. The Morgan fingerprint density at radius 1 is 0.957 bits per heavy atom. The van der Waals surface area contributed by atoms with Crippen LogP contribution in [-0.2, 0) is 25.0 Å². The Bertz CT molecular complexity index is 604. The summed E-state index contributed by atoms with van der Waals surface area (Å²) in [5.41, 5.74) is 0. The van der Waals surface area contributed by atoms with Gasteiger partial charge in [0.1, 0.15) is 0 Å². The Hall–Kier alpha value is -0.260. The normalized spacial score (nSPS) is 30.0. The quantitative estimate of drug-likeness (QED) is 0.679. The van der Waals surface area contributed by atoms with Gasteiger partial charge in [-0.25, -0.2) is 12.7 Å². The van der Waals surface area contributed by atoms with Crippen LogP contribution in [0.15, 0.2) is 0 Å². The van der Waals surface area contributed by atoms with Gasteiger partial charge in [0.25, 0.3) is 10.2 Å². The highest BCUT2D eigenvalue weighted by molar-refractivity contribution is 7.88. The van der Waals surface area contributed by atoms with E-state index in [4.69, 9.17) is 4.74 Å². The zero-order valence-corrected chi connectivity index (χ0v) is 15.8. The number of sulfonamides is 1. The van der Waals surface area contributed by atoms with Crippen molar-refractivity contribution >= 4 is 20.2 Å². The summed E-state index contributed by atoms with van der Waals surface area (Å²) in [6.07, 6.45) is 1.95. The van der Waals surface area contributed by atoms with Crippen LogP contribution in [-0.4, -0.2) is 87.5 Å². The highest BCUT2D eigenvalue weighted by atomic mass is 32.2. The standard InChI is InChI=1S/C13H27N3O5S2/c1-11-9-16(10-12(2)21-11)23(19,20)15-7-5-13(6-8-15)14(3)22(4,17)18/h11-13H,5-10H2,1-4H3/t11-,12+. The van der Waals surface area contributed by atoms with Crippen LogP contribution < -0.4 is 0 Å². The fraction of sp³-hybridized carbons (Fsp3) is 1.00. The van der Waals surface area contributed by atoms with Gasteiger partial charge in [0.2, 0.25) is 10.0 Å². The largest absolute Gasteiger partial charge is 0.373 e. The van der Waals surface area contributed by atoms with Gasteiger partial charge in [0.15, 0.2) is 0 Å². The molecule has 2 atom stereocenters. The van der Waals surface area contributed by atoms with Gasteiger partial charge in [-0.2, -0.15) is 17.0 Å². The molecule has 0 aromatic heterocycles. The summed E-state index contributed by atoms with van der Waals surface area (Å²) in [7, 11) is -5.22. The van der Waals surface area contributed by atoms with Gasteiger partial charge >= 0.3 is 0 Å². The molecule has 23 heavy (non-hydrogen) atoms. The van der Waals surface area contributed by atoms with Gasteiger partial charge in [0.05, 0.1) is 18.5 Å². The SMILES string of the molecule is C[C@@H]1CN(S(=O)(=O)N2CCC(N(C)S(C)(=O)=O)CC2)C[C@H](C)O1.